The highest BCUT2D eigenvalue weighted by molar-refractivity contribution is 14.1. The van der Waals surface area contributed by atoms with Crippen molar-refractivity contribution in [2.24, 2.45) is 7.05 Å². The first-order valence-corrected chi connectivity index (χ1v) is 8.80. The van der Waals surface area contributed by atoms with E-state index in [1.54, 1.807) is 13.2 Å². The normalized spacial score (nSPS) is 14.9. The minimum absolute atomic E-state index is 0.257. The number of ether oxygens (including phenoxy) is 1. The maximum atomic E-state index is 12.6. The smallest absolute Gasteiger partial charge is 0.275 e. The summed E-state index contributed by atoms with van der Waals surface area (Å²) in [6.07, 6.45) is 1.64. The molecule has 0 saturated carbocycles. The molecule has 0 spiro atoms. The third-order valence-corrected chi connectivity index (χ3v) is 4.89. The minimum Gasteiger partial charge on any atom is -0.378 e. The molecular weight excluding hydrogens is 439 g/mol. The molecule has 25 heavy (non-hydrogen) atoms. The van der Waals surface area contributed by atoms with E-state index in [-0.39, 0.29) is 5.91 Å². The van der Waals surface area contributed by atoms with Crippen LogP contribution in [0.4, 0.5) is 11.4 Å². The molecule has 4 rings (SSSR count). The van der Waals surface area contributed by atoms with Gasteiger partial charge in [0.25, 0.3) is 5.91 Å². The molecule has 9 nitrogen and oxygen atoms in total. The van der Waals surface area contributed by atoms with Crippen LogP contribution in [0.1, 0.15) is 10.5 Å². The van der Waals surface area contributed by atoms with E-state index in [0.717, 1.165) is 22.3 Å². The summed E-state index contributed by atoms with van der Waals surface area (Å²) in [6, 6.07) is 3.74. The Hall–Kier alpha value is -2.21. The number of nitrogens with zero attached hydrogens (tertiary/aromatic N) is 5. The first kappa shape index (κ1) is 16.3. The SMILES string of the molecule is Cn1ncc(I)c1C(=O)Nc1ccc(N2CCOCC2)c2nonc12. The maximum absolute atomic E-state index is 12.6. The third kappa shape index (κ3) is 2.95. The quantitative estimate of drug-likeness (QED) is 0.601. The van der Waals surface area contributed by atoms with E-state index < -0.39 is 0 Å². The summed E-state index contributed by atoms with van der Waals surface area (Å²) in [5.74, 6) is -0.257. The molecule has 0 aliphatic carbocycles. The van der Waals surface area contributed by atoms with Gasteiger partial charge in [-0.2, -0.15) is 5.10 Å². The number of aryl methyl sites for hydroxylation is 1. The maximum Gasteiger partial charge on any atom is 0.275 e. The molecule has 1 amide bonds. The predicted molar refractivity (Wildman–Crippen MR) is 98.7 cm³/mol. The first-order chi connectivity index (χ1) is 12.1. The fourth-order valence-corrected chi connectivity index (χ4v) is 3.58. The van der Waals surface area contributed by atoms with Crippen LogP contribution in [0.3, 0.4) is 0 Å². The second-order valence-corrected chi connectivity index (χ2v) is 6.77. The van der Waals surface area contributed by atoms with Crippen molar-refractivity contribution in [2.75, 3.05) is 36.5 Å². The molecule has 0 bridgehead atoms. The molecule has 1 aliphatic heterocycles. The number of hydrogen-bond acceptors (Lipinski definition) is 7. The van der Waals surface area contributed by atoms with E-state index in [0.29, 0.717) is 35.6 Å². The summed E-state index contributed by atoms with van der Waals surface area (Å²) in [4.78, 5) is 14.8. The second-order valence-electron chi connectivity index (χ2n) is 5.61. The second kappa shape index (κ2) is 6.59. The Labute approximate surface area is 156 Å². The lowest BCUT2D eigenvalue weighted by atomic mass is 10.2. The molecule has 2 aromatic heterocycles. The zero-order valence-corrected chi connectivity index (χ0v) is 15.6. The van der Waals surface area contributed by atoms with Crippen LogP contribution in [0.2, 0.25) is 0 Å². The van der Waals surface area contributed by atoms with Gasteiger partial charge in [-0.3, -0.25) is 9.48 Å². The van der Waals surface area contributed by atoms with Crippen LogP contribution in [0.5, 0.6) is 0 Å². The molecule has 1 aliphatic rings. The van der Waals surface area contributed by atoms with Gasteiger partial charge in [-0.15, -0.1) is 0 Å². The van der Waals surface area contributed by atoms with Gasteiger partial charge in [0.05, 0.1) is 34.4 Å². The number of carbonyl (C=O) groups is 1. The number of fused-ring (bicyclic) bond motifs is 1. The number of benzene rings is 1. The van der Waals surface area contributed by atoms with Gasteiger partial charge in [-0.25, -0.2) is 4.63 Å². The van der Waals surface area contributed by atoms with E-state index in [9.17, 15) is 4.79 Å². The lowest BCUT2D eigenvalue weighted by Crippen LogP contribution is -2.36. The van der Waals surface area contributed by atoms with Crippen molar-refractivity contribution >= 4 is 50.9 Å². The number of anilines is 2. The Morgan fingerprint density at radius 3 is 2.72 bits per heavy atom. The average Bonchev–Trinajstić information content (AvgIpc) is 3.23. The summed E-state index contributed by atoms with van der Waals surface area (Å²) in [6.45, 7) is 2.90. The average molecular weight is 454 g/mol. The molecule has 3 aromatic rings. The molecule has 1 N–H and O–H groups in total. The molecular formula is C15H15IN6O3. The summed E-state index contributed by atoms with van der Waals surface area (Å²) in [5.41, 5.74) is 3.11. The number of hydrogen-bond donors (Lipinski definition) is 1. The summed E-state index contributed by atoms with van der Waals surface area (Å²) >= 11 is 2.08. The zero-order chi connectivity index (χ0) is 17.4. The van der Waals surface area contributed by atoms with E-state index >= 15 is 0 Å². The molecule has 130 valence electrons. The topological polar surface area (TPSA) is 98.3 Å². The zero-order valence-electron chi connectivity index (χ0n) is 13.4. The van der Waals surface area contributed by atoms with Gasteiger partial charge >= 0.3 is 0 Å². The predicted octanol–water partition coefficient (Wildman–Crippen LogP) is 1.65. The van der Waals surface area contributed by atoms with Crippen molar-refractivity contribution in [3.63, 3.8) is 0 Å². The molecule has 0 unspecified atom stereocenters. The van der Waals surface area contributed by atoms with Gasteiger partial charge in [0.1, 0.15) is 5.69 Å². The van der Waals surface area contributed by atoms with E-state index in [4.69, 9.17) is 9.37 Å². The molecule has 1 saturated heterocycles. The van der Waals surface area contributed by atoms with Gasteiger partial charge in [0, 0.05) is 20.1 Å². The van der Waals surface area contributed by atoms with Crippen molar-refractivity contribution < 1.29 is 14.2 Å². The van der Waals surface area contributed by atoms with Crippen LogP contribution < -0.4 is 10.2 Å². The van der Waals surface area contributed by atoms with Gasteiger partial charge in [0.2, 0.25) is 0 Å². The number of carbonyl (C=O) groups excluding carboxylic acids is 1. The summed E-state index contributed by atoms with van der Waals surface area (Å²) in [5, 5.41) is 15.0. The Kier molecular flexibility index (Phi) is 4.29. The number of aromatic nitrogens is 4. The largest absolute Gasteiger partial charge is 0.378 e. The highest BCUT2D eigenvalue weighted by atomic mass is 127. The van der Waals surface area contributed by atoms with Gasteiger partial charge < -0.3 is 15.0 Å². The lowest BCUT2D eigenvalue weighted by Gasteiger charge is -2.28. The van der Waals surface area contributed by atoms with E-state index in [2.05, 4.69) is 48.2 Å². The number of morpholine rings is 1. The van der Waals surface area contributed by atoms with E-state index in [1.807, 2.05) is 12.1 Å². The summed E-state index contributed by atoms with van der Waals surface area (Å²) < 4.78 is 12.6. The standard InChI is InChI=1S/C15H15IN6O3/c1-21-14(9(16)8-17-21)15(23)18-10-2-3-11(13-12(10)19-25-20-13)22-4-6-24-7-5-22/h2-3,8H,4-7H2,1H3,(H,18,23). The Morgan fingerprint density at radius 1 is 1.24 bits per heavy atom. The fraction of sp³-hybridized carbons (Fsp3) is 0.333. The Balaban J connectivity index is 1.67. The van der Waals surface area contributed by atoms with Crippen LogP contribution in [-0.2, 0) is 11.8 Å². The lowest BCUT2D eigenvalue weighted by molar-refractivity contribution is 0.101. The van der Waals surface area contributed by atoms with Crippen molar-refractivity contribution in [1.29, 1.82) is 0 Å². The van der Waals surface area contributed by atoms with Gasteiger partial charge in [-0.1, -0.05) is 0 Å². The van der Waals surface area contributed by atoms with Crippen LogP contribution in [0.15, 0.2) is 23.0 Å². The Bertz CT molecular complexity index is 911. The molecule has 0 atom stereocenters. The van der Waals surface area contributed by atoms with Crippen molar-refractivity contribution in [3.8, 4) is 0 Å². The van der Waals surface area contributed by atoms with E-state index in [1.165, 1.54) is 4.68 Å². The van der Waals surface area contributed by atoms with Gasteiger partial charge in [0.15, 0.2) is 11.0 Å². The third-order valence-electron chi connectivity index (χ3n) is 4.10. The van der Waals surface area contributed by atoms with Crippen LogP contribution in [0, 0.1) is 3.57 Å². The molecule has 1 aromatic carbocycles. The molecule has 1 fully saturated rings. The van der Waals surface area contributed by atoms with Crippen LogP contribution in [0.25, 0.3) is 11.0 Å². The highest BCUT2D eigenvalue weighted by Crippen LogP contribution is 2.30. The summed E-state index contributed by atoms with van der Waals surface area (Å²) in [7, 11) is 1.73. The monoisotopic (exact) mass is 454 g/mol. The molecule has 10 heteroatoms. The molecule has 3 heterocycles. The number of halogens is 1. The Morgan fingerprint density at radius 2 is 2.00 bits per heavy atom. The van der Waals surface area contributed by atoms with Crippen molar-refractivity contribution in [3.05, 3.63) is 27.6 Å². The number of nitrogens with one attached hydrogen (secondary N) is 1. The number of rotatable bonds is 3. The number of amides is 1. The van der Waals surface area contributed by atoms with Crippen LogP contribution >= 0.6 is 22.6 Å². The van der Waals surface area contributed by atoms with Crippen LogP contribution in [-0.4, -0.2) is 52.3 Å². The minimum atomic E-state index is -0.257. The van der Waals surface area contributed by atoms with Gasteiger partial charge in [-0.05, 0) is 45.0 Å². The van der Waals surface area contributed by atoms with Crippen molar-refractivity contribution in [1.82, 2.24) is 20.1 Å². The highest BCUT2D eigenvalue weighted by Gasteiger charge is 2.21. The molecule has 0 radical (unpaired) electrons. The fourth-order valence-electron chi connectivity index (χ4n) is 2.86. The first-order valence-electron chi connectivity index (χ1n) is 7.72. The van der Waals surface area contributed by atoms with Crippen molar-refractivity contribution in [2.45, 2.75) is 0 Å².